The number of ether oxygens (including phenoxy) is 1. The molecular weight excluding hydrogens is 264 g/mol. The first-order chi connectivity index (χ1) is 8.86. The van der Waals surface area contributed by atoms with Crippen molar-refractivity contribution in [3.63, 3.8) is 0 Å². The normalized spacial score (nSPS) is 21.1. The third-order valence-electron chi connectivity index (χ3n) is 3.99. The number of nitrogens with one attached hydrogen (secondary N) is 2. The van der Waals surface area contributed by atoms with E-state index in [1.165, 1.54) is 25.7 Å². The van der Waals surface area contributed by atoms with E-state index < -0.39 is 0 Å². The summed E-state index contributed by atoms with van der Waals surface area (Å²) in [4.78, 5) is 11.8. The first-order valence-corrected chi connectivity index (χ1v) is 7.46. The van der Waals surface area contributed by atoms with Crippen LogP contribution in [0.5, 0.6) is 0 Å². The van der Waals surface area contributed by atoms with E-state index >= 15 is 0 Å². The van der Waals surface area contributed by atoms with Gasteiger partial charge in [0.15, 0.2) is 0 Å². The molecule has 0 radical (unpaired) electrons. The molecule has 0 aromatic carbocycles. The van der Waals surface area contributed by atoms with Crippen LogP contribution in [0.25, 0.3) is 0 Å². The van der Waals surface area contributed by atoms with Gasteiger partial charge in [-0.15, -0.1) is 12.4 Å². The molecule has 0 aromatic rings. The van der Waals surface area contributed by atoms with Gasteiger partial charge in [0.05, 0.1) is 6.10 Å². The minimum Gasteiger partial charge on any atom is -0.378 e. The van der Waals surface area contributed by atoms with Gasteiger partial charge in [0.25, 0.3) is 0 Å². The number of hydrogen-bond acceptors (Lipinski definition) is 3. The lowest BCUT2D eigenvalue weighted by molar-refractivity contribution is -0.125. The molecule has 1 aliphatic heterocycles. The van der Waals surface area contributed by atoms with Crippen LogP contribution in [0.1, 0.15) is 44.9 Å². The van der Waals surface area contributed by atoms with E-state index in [2.05, 4.69) is 10.6 Å². The molecule has 2 aliphatic rings. The summed E-state index contributed by atoms with van der Waals surface area (Å²) in [6, 6.07) is 0. The third-order valence-corrected chi connectivity index (χ3v) is 3.99. The molecule has 112 valence electrons. The zero-order valence-corrected chi connectivity index (χ0v) is 12.5. The number of carbonyl (C=O) groups excluding carboxylic acids is 1. The molecule has 0 atom stereocenters. The Morgan fingerprint density at radius 2 is 1.84 bits per heavy atom. The van der Waals surface area contributed by atoms with Gasteiger partial charge in [-0.25, -0.2) is 0 Å². The second-order valence-electron chi connectivity index (χ2n) is 5.45. The number of carbonyl (C=O) groups is 1. The lowest BCUT2D eigenvalue weighted by Crippen LogP contribution is -2.38. The molecule has 2 fully saturated rings. The van der Waals surface area contributed by atoms with Gasteiger partial charge in [0, 0.05) is 19.1 Å². The van der Waals surface area contributed by atoms with Crippen LogP contribution in [0.15, 0.2) is 0 Å². The van der Waals surface area contributed by atoms with Crippen molar-refractivity contribution in [3.8, 4) is 0 Å². The molecule has 1 heterocycles. The van der Waals surface area contributed by atoms with Crippen molar-refractivity contribution in [2.75, 3.05) is 26.2 Å². The van der Waals surface area contributed by atoms with E-state index in [1.807, 2.05) is 0 Å². The Kier molecular flexibility index (Phi) is 8.42. The average molecular weight is 291 g/mol. The number of hydrogen-bond donors (Lipinski definition) is 2. The summed E-state index contributed by atoms with van der Waals surface area (Å²) < 4.78 is 5.77. The van der Waals surface area contributed by atoms with Gasteiger partial charge in [-0.1, -0.05) is 12.8 Å². The predicted molar refractivity (Wildman–Crippen MR) is 78.7 cm³/mol. The van der Waals surface area contributed by atoms with Crippen molar-refractivity contribution in [1.29, 1.82) is 0 Å². The smallest absolute Gasteiger partial charge is 0.223 e. The van der Waals surface area contributed by atoms with Gasteiger partial charge in [0.1, 0.15) is 0 Å². The molecule has 0 bridgehead atoms. The van der Waals surface area contributed by atoms with Crippen LogP contribution in [0, 0.1) is 5.92 Å². The topological polar surface area (TPSA) is 50.4 Å². The largest absolute Gasteiger partial charge is 0.378 e. The second-order valence-corrected chi connectivity index (χ2v) is 5.45. The SMILES string of the molecule is Cl.O=C(NCCCOC1CCCC1)C1CCNCC1. The summed E-state index contributed by atoms with van der Waals surface area (Å²) in [5.41, 5.74) is 0. The Balaban J connectivity index is 0.00000180. The van der Waals surface area contributed by atoms with Gasteiger partial charge >= 0.3 is 0 Å². The van der Waals surface area contributed by atoms with E-state index in [4.69, 9.17) is 4.74 Å². The first kappa shape index (κ1) is 16.7. The van der Waals surface area contributed by atoms with Crippen molar-refractivity contribution in [1.82, 2.24) is 10.6 Å². The monoisotopic (exact) mass is 290 g/mol. The maximum Gasteiger partial charge on any atom is 0.223 e. The zero-order valence-electron chi connectivity index (χ0n) is 11.7. The highest BCUT2D eigenvalue weighted by Crippen LogP contribution is 2.20. The molecule has 1 saturated carbocycles. The highest BCUT2D eigenvalue weighted by atomic mass is 35.5. The summed E-state index contributed by atoms with van der Waals surface area (Å²) in [6.07, 6.45) is 8.46. The van der Waals surface area contributed by atoms with Crippen molar-refractivity contribution < 1.29 is 9.53 Å². The Labute approximate surface area is 122 Å². The lowest BCUT2D eigenvalue weighted by atomic mass is 9.97. The van der Waals surface area contributed by atoms with Crippen molar-refractivity contribution >= 4 is 18.3 Å². The van der Waals surface area contributed by atoms with Crippen LogP contribution in [0.3, 0.4) is 0 Å². The van der Waals surface area contributed by atoms with Gasteiger partial charge < -0.3 is 15.4 Å². The van der Waals surface area contributed by atoms with Crippen LogP contribution in [-0.4, -0.2) is 38.3 Å². The molecule has 0 unspecified atom stereocenters. The quantitative estimate of drug-likeness (QED) is 0.734. The third kappa shape index (κ3) is 6.11. The van der Waals surface area contributed by atoms with E-state index in [0.717, 1.165) is 45.5 Å². The molecular formula is C14H27ClN2O2. The molecule has 2 N–H and O–H groups in total. The Hall–Kier alpha value is -0.320. The zero-order chi connectivity index (χ0) is 12.6. The molecule has 1 saturated heterocycles. The summed E-state index contributed by atoms with van der Waals surface area (Å²) in [6.45, 7) is 3.50. The Bertz CT molecular complexity index is 252. The number of amides is 1. The lowest BCUT2D eigenvalue weighted by Gasteiger charge is -2.21. The maximum absolute atomic E-state index is 11.8. The van der Waals surface area contributed by atoms with Crippen molar-refractivity contribution in [2.24, 2.45) is 5.92 Å². The van der Waals surface area contributed by atoms with Crippen molar-refractivity contribution in [3.05, 3.63) is 0 Å². The van der Waals surface area contributed by atoms with E-state index in [1.54, 1.807) is 0 Å². The summed E-state index contributed by atoms with van der Waals surface area (Å²) in [5.74, 6) is 0.458. The standard InChI is InChI=1S/C14H26N2O2.ClH/c17-14(12-6-9-15-10-7-12)16-8-3-11-18-13-4-1-2-5-13;/h12-13,15H,1-11H2,(H,16,17);1H. The van der Waals surface area contributed by atoms with Gasteiger partial charge in [-0.05, 0) is 45.2 Å². The molecule has 4 nitrogen and oxygen atoms in total. The molecule has 0 aromatic heterocycles. The molecule has 5 heteroatoms. The first-order valence-electron chi connectivity index (χ1n) is 7.46. The average Bonchev–Trinajstić information content (AvgIpc) is 2.92. The second kappa shape index (κ2) is 9.56. The van der Waals surface area contributed by atoms with Crippen LogP contribution < -0.4 is 10.6 Å². The van der Waals surface area contributed by atoms with E-state index in [-0.39, 0.29) is 24.2 Å². The fourth-order valence-electron chi connectivity index (χ4n) is 2.82. The highest BCUT2D eigenvalue weighted by Gasteiger charge is 2.20. The van der Waals surface area contributed by atoms with Crippen LogP contribution in [-0.2, 0) is 9.53 Å². The number of rotatable bonds is 6. The maximum atomic E-state index is 11.8. The van der Waals surface area contributed by atoms with E-state index in [0.29, 0.717) is 6.10 Å². The van der Waals surface area contributed by atoms with E-state index in [9.17, 15) is 4.79 Å². The minimum absolute atomic E-state index is 0. The van der Waals surface area contributed by atoms with Crippen LogP contribution in [0.2, 0.25) is 0 Å². The molecule has 2 rings (SSSR count). The molecule has 0 spiro atoms. The summed E-state index contributed by atoms with van der Waals surface area (Å²) in [5, 5.41) is 6.31. The fourth-order valence-corrected chi connectivity index (χ4v) is 2.82. The summed E-state index contributed by atoms with van der Waals surface area (Å²) >= 11 is 0. The van der Waals surface area contributed by atoms with Gasteiger partial charge in [-0.3, -0.25) is 4.79 Å². The molecule has 1 aliphatic carbocycles. The minimum atomic E-state index is 0. The number of piperidine rings is 1. The summed E-state index contributed by atoms with van der Waals surface area (Å²) in [7, 11) is 0. The predicted octanol–water partition coefficient (Wildman–Crippen LogP) is 1.87. The fraction of sp³-hybridized carbons (Fsp3) is 0.929. The highest BCUT2D eigenvalue weighted by molar-refractivity contribution is 5.85. The van der Waals surface area contributed by atoms with Gasteiger partial charge in [0.2, 0.25) is 5.91 Å². The van der Waals surface area contributed by atoms with Gasteiger partial charge in [-0.2, -0.15) is 0 Å². The van der Waals surface area contributed by atoms with Crippen molar-refractivity contribution in [2.45, 2.75) is 51.0 Å². The molecule has 19 heavy (non-hydrogen) atoms. The Morgan fingerprint density at radius 1 is 1.16 bits per heavy atom. The Morgan fingerprint density at radius 3 is 2.53 bits per heavy atom. The molecule has 1 amide bonds. The van der Waals surface area contributed by atoms with Crippen LogP contribution >= 0.6 is 12.4 Å². The van der Waals surface area contributed by atoms with Crippen LogP contribution in [0.4, 0.5) is 0 Å². The number of halogens is 1.